The number of hydrogen-bond acceptors (Lipinski definition) is 4. The molecule has 1 heterocycles. The number of pyridine rings is 1. The van der Waals surface area contributed by atoms with Crippen LogP contribution in [0.3, 0.4) is 0 Å². The van der Waals surface area contributed by atoms with E-state index < -0.39 is 6.18 Å². The summed E-state index contributed by atoms with van der Waals surface area (Å²) in [6.45, 7) is 0. The van der Waals surface area contributed by atoms with Gasteiger partial charge in [0.05, 0.1) is 5.52 Å². The van der Waals surface area contributed by atoms with Crippen LogP contribution in [0.5, 0.6) is 0 Å². The number of rotatable bonds is 6. The fraction of sp³-hybridized carbons (Fsp3) is 0.0323. The number of amides is 1. The van der Waals surface area contributed by atoms with E-state index in [1.165, 1.54) is 12.0 Å². The minimum atomic E-state index is -4.57. The molecule has 0 unspecified atom stereocenters. The molecular weight excluding hydrogens is 501 g/mol. The number of alkyl halides is 3. The number of aromatic nitrogens is 1. The Morgan fingerprint density at radius 3 is 2.08 bits per heavy atom. The van der Waals surface area contributed by atoms with Crippen LogP contribution in [0.1, 0.15) is 15.9 Å². The second-order valence-corrected chi connectivity index (χ2v) is 8.56. The normalized spacial score (nSPS) is 10.8. The maximum atomic E-state index is 12.8. The summed E-state index contributed by atoms with van der Waals surface area (Å²) in [6.07, 6.45) is -2.96. The standard InChI is InChI=1S/C31H21F3N4O/c32-31(33,34)18-16-21-6-15-28-27(20-21)29(17-19-35-28)37-25-9-7-22(8-10-25)30(39)38-26-13-11-24(12-14-26)36-23-4-2-1-3-5-23/h1-15,17,19-20,36H,(H,35,37)(H,38,39). The maximum Gasteiger partial charge on any atom is 0.458 e. The lowest BCUT2D eigenvalue weighted by Gasteiger charge is -2.11. The fourth-order valence-corrected chi connectivity index (χ4v) is 3.86. The van der Waals surface area contributed by atoms with E-state index in [1.807, 2.05) is 54.6 Å². The second-order valence-electron chi connectivity index (χ2n) is 8.56. The van der Waals surface area contributed by atoms with E-state index in [1.54, 1.807) is 48.7 Å². The molecule has 3 N–H and O–H groups in total. The van der Waals surface area contributed by atoms with Crippen LogP contribution in [0.15, 0.2) is 109 Å². The minimum Gasteiger partial charge on any atom is -0.356 e. The van der Waals surface area contributed by atoms with E-state index in [9.17, 15) is 18.0 Å². The van der Waals surface area contributed by atoms with Crippen molar-refractivity contribution in [1.29, 1.82) is 0 Å². The Hall–Kier alpha value is -5.29. The summed E-state index contributed by atoms with van der Waals surface area (Å²) < 4.78 is 37.5. The molecule has 5 aromatic rings. The summed E-state index contributed by atoms with van der Waals surface area (Å²) in [5.74, 6) is 3.17. The quantitative estimate of drug-likeness (QED) is 0.199. The zero-order valence-electron chi connectivity index (χ0n) is 20.4. The molecule has 5 rings (SSSR count). The predicted molar refractivity (Wildman–Crippen MR) is 149 cm³/mol. The molecule has 4 aromatic carbocycles. The molecule has 5 nitrogen and oxygen atoms in total. The zero-order valence-corrected chi connectivity index (χ0v) is 20.4. The summed E-state index contributed by atoms with van der Waals surface area (Å²) >= 11 is 0. The smallest absolute Gasteiger partial charge is 0.356 e. The van der Waals surface area contributed by atoms with Gasteiger partial charge in [-0.15, -0.1) is 0 Å². The Balaban J connectivity index is 1.26. The first-order chi connectivity index (χ1) is 18.8. The first kappa shape index (κ1) is 25.4. The van der Waals surface area contributed by atoms with Gasteiger partial charge < -0.3 is 16.0 Å². The predicted octanol–water partition coefficient (Wildman–Crippen LogP) is 7.89. The van der Waals surface area contributed by atoms with Gasteiger partial charge in [0, 0.05) is 57.1 Å². The number of nitrogens with one attached hydrogen (secondary N) is 3. The van der Waals surface area contributed by atoms with Gasteiger partial charge in [0.2, 0.25) is 0 Å². The highest BCUT2D eigenvalue weighted by molar-refractivity contribution is 6.04. The van der Waals surface area contributed by atoms with Crippen LogP contribution in [0.4, 0.5) is 41.6 Å². The van der Waals surface area contributed by atoms with Crippen molar-refractivity contribution in [2.24, 2.45) is 0 Å². The third-order valence-corrected chi connectivity index (χ3v) is 5.72. The SMILES string of the molecule is O=C(Nc1ccc(Nc2ccccc2)cc1)c1ccc(Nc2ccnc3ccc(C#CC(F)(F)F)cc23)cc1. The van der Waals surface area contributed by atoms with Gasteiger partial charge in [0.25, 0.3) is 5.91 Å². The van der Waals surface area contributed by atoms with Crippen molar-refractivity contribution >= 4 is 45.2 Å². The van der Waals surface area contributed by atoms with Crippen LogP contribution in [0.2, 0.25) is 0 Å². The molecule has 0 spiro atoms. The molecule has 0 fully saturated rings. The summed E-state index contributed by atoms with van der Waals surface area (Å²) in [6, 6.07) is 30.5. The van der Waals surface area contributed by atoms with Crippen molar-refractivity contribution in [2.45, 2.75) is 6.18 Å². The number of benzene rings is 4. The Morgan fingerprint density at radius 1 is 0.718 bits per heavy atom. The van der Waals surface area contributed by atoms with Gasteiger partial charge in [-0.3, -0.25) is 9.78 Å². The molecule has 0 aliphatic carbocycles. The molecule has 192 valence electrons. The first-order valence-corrected chi connectivity index (χ1v) is 11.9. The Bertz CT molecular complexity index is 1670. The molecule has 0 aliphatic rings. The maximum absolute atomic E-state index is 12.8. The zero-order chi connectivity index (χ0) is 27.2. The highest BCUT2D eigenvalue weighted by Gasteiger charge is 2.23. The van der Waals surface area contributed by atoms with Crippen molar-refractivity contribution in [3.8, 4) is 11.8 Å². The molecule has 39 heavy (non-hydrogen) atoms. The topological polar surface area (TPSA) is 66.1 Å². The third kappa shape index (κ3) is 6.73. The highest BCUT2D eigenvalue weighted by atomic mass is 19.4. The Morgan fingerprint density at radius 2 is 1.36 bits per heavy atom. The van der Waals surface area contributed by atoms with Crippen LogP contribution in [-0.4, -0.2) is 17.1 Å². The molecule has 8 heteroatoms. The average molecular weight is 523 g/mol. The number of para-hydroxylation sites is 1. The lowest BCUT2D eigenvalue weighted by Crippen LogP contribution is -2.11. The van der Waals surface area contributed by atoms with Crippen molar-refractivity contribution in [1.82, 2.24) is 4.98 Å². The molecule has 0 saturated heterocycles. The molecular formula is C31H21F3N4O. The summed E-state index contributed by atoms with van der Waals surface area (Å²) in [4.78, 5) is 17.0. The number of nitrogens with zero attached hydrogens (tertiary/aromatic N) is 1. The Kier molecular flexibility index (Phi) is 7.15. The van der Waals surface area contributed by atoms with Crippen molar-refractivity contribution < 1.29 is 18.0 Å². The first-order valence-electron chi connectivity index (χ1n) is 11.9. The molecule has 0 atom stereocenters. The van der Waals surface area contributed by atoms with Gasteiger partial charge in [0.1, 0.15) is 0 Å². The van der Waals surface area contributed by atoms with Gasteiger partial charge in [-0.1, -0.05) is 24.1 Å². The van der Waals surface area contributed by atoms with Gasteiger partial charge in [-0.25, -0.2) is 0 Å². The lowest BCUT2D eigenvalue weighted by atomic mass is 10.1. The fourth-order valence-electron chi connectivity index (χ4n) is 3.86. The number of fused-ring (bicyclic) bond motifs is 1. The largest absolute Gasteiger partial charge is 0.458 e. The average Bonchev–Trinajstić information content (AvgIpc) is 2.94. The number of hydrogen-bond donors (Lipinski definition) is 3. The van der Waals surface area contributed by atoms with Crippen LogP contribution in [0.25, 0.3) is 10.9 Å². The van der Waals surface area contributed by atoms with Crippen molar-refractivity contribution in [3.63, 3.8) is 0 Å². The number of carbonyl (C=O) groups excluding carboxylic acids is 1. The van der Waals surface area contributed by atoms with Crippen LogP contribution in [-0.2, 0) is 0 Å². The third-order valence-electron chi connectivity index (χ3n) is 5.72. The van der Waals surface area contributed by atoms with Gasteiger partial charge in [-0.2, -0.15) is 13.2 Å². The highest BCUT2D eigenvalue weighted by Crippen LogP contribution is 2.27. The molecule has 0 bridgehead atoms. The van der Waals surface area contributed by atoms with Crippen LogP contribution in [0, 0.1) is 11.8 Å². The van der Waals surface area contributed by atoms with Gasteiger partial charge in [0.15, 0.2) is 0 Å². The van der Waals surface area contributed by atoms with Crippen LogP contribution < -0.4 is 16.0 Å². The van der Waals surface area contributed by atoms with Crippen molar-refractivity contribution in [3.05, 3.63) is 120 Å². The van der Waals surface area contributed by atoms with E-state index >= 15 is 0 Å². The number of carbonyl (C=O) groups is 1. The van der Waals surface area contributed by atoms with Gasteiger partial charge in [-0.05, 0) is 84.9 Å². The van der Waals surface area contributed by atoms with E-state index in [-0.39, 0.29) is 11.5 Å². The van der Waals surface area contributed by atoms with E-state index in [2.05, 4.69) is 26.9 Å². The van der Waals surface area contributed by atoms with Crippen LogP contribution >= 0.6 is 0 Å². The van der Waals surface area contributed by atoms with Crippen molar-refractivity contribution in [2.75, 3.05) is 16.0 Å². The molecule has 0 aliphatic heterocycles. The summed E-state index contributed by atoms with van der Waals surface area (Å²) in [5, 5.41) is 10.0. The number of halogens is 3. The summed E-state index contributed by atoms with van der Waals surface area (Å²) in [7, 11) is 0. The Labute approximate surface area is 222 Å². The molecule has 1 aromatic heterocycles. The van der Waals surface area contributed by atoms with E-state index in [4.69, 9.17) is 0 Å². The molecule has 0 radical (unpaired) electrons. The van der Waals surface area contributed by atoms with Gasteiger partial charge >= 0.3 is 6.18 Å². The minimum absolute atomic E-state index is 0.228. The lowest BCUT2D eigenvalue weighted by molar-refractivity contribution is -0.0696. The number of anilines is 5. The van der Waals surface area contributed by atoms with E-state index in [0.29, 0.717) is 33.5 Å². The summed E-state index contributed by atoms with van der Waals surface area (Å²) in [5.41, 5.74) is 5.19. The second kappa shape index (κ2) is 11.0. The van der Waals surface area contributed by atoms with E-state index in [0.717, 1.165) is 11.4 Å². The monoisotopic (exact) mass is 522 g/mol. The molecule has 0 saturated carbocycles. The molecule has 1 amide bonds.